The fraction of sp³-hybridized carbons (Fsp3) is 0.190. The van der Waals surface area contributed by atoms with E-state index in [0.717, 1.165) is 24.3 Å². The number of para-hydroxylation sites is 1. The number of rotatable bonds is 5. The number of allylic oxidation sites excluding steroid dienone is 3. The minimum atomic E-state index is -0.658. The van der Waals surface area contributed by atoms with Gasteiger partial charge in [0.15, 0.2) is 6.07 Å². The minimum Gasteiger partial charge on any atom is -0.456 e. The smallest absolute Gasteiger partial charge is 0.353 e. The van der Waals surface area contributed by atoms with Crippen molar-refractivity contribution in [3.63, 3.8) is 0 Å². The molecule has 136 valence electrons. The maximum Gasteiger partial charge on any atom is 0.353 e. The summed E-state index contributed by atoms with van der Waals surface area (Å²) in [5, 5.41) is 20.6. The van der Waals surface area contributed by atoms with Gasteiger partial charge in [0.25, 0.3) is 0 Å². The first-order valence-electron chi connectivity index (χ1n) is 8.72. The zero-order chi connectivity index (χ0) is 19.4. The number of anilines is 1. The minimum absolute atomic E-state index is 0.257. The normalized spacial score (nSPS) is 14.3. The summed E-state index contributed by atoms with van der Waals surface area (Å²) in [7, 11) is 0. The van der Waals surface area contributed by atoms with E-state index in [2.05, 4.69) is 18.7 Å². The van der Waals surface area contributed by atoms with Gasteiger partial charge in [-0.25, -0.2) is 0 Å². The summed E-state index contributed by atoms with van der Waals surface area (Å²) >= 11 is 0. The summed E-state index contributed by atoms with van der Waals surface area (Å²) in [6.07, 6.45) is 1.57. The molecule has 0 saturated heterocycles. The molecule has 0 atom stereocenters. The number of hydrogen-bond acceptors (Lipinski definition) is 5. The highest BCUT2D eigenvalue weighted by Gasteiger charge is 2.26. The first-order chi connectivity index (χ1) is 13.1. The molecule has 6 heteroatoms. The van der Waals surface area contributed by atoms with Crippen LogP contribution in [0.3, 0.4) is 0 Å². The second-order valence-electron chi connectivity index (χ2n) is 5.96. The number of ether oxygens (including phenoxy) is 1. The number of nitrogens with zero attached hydrogens (tertiary/aromatic N) is 3. The molecule has 0 amide bonds. The topological polar surface area (TPSA) is 79.4 Å². The Bertz CT molecular complexity index is 965. The average molecular weight is 361 g/mol. The lowest BCUT2D eigenvalue weighted by Crippen LogP contribution is -2.21. The van der Waals surface area contributed by atoms with Gasteiger partial charge in [-0.05, 0) is 50.3 Å². The molecule has 0 saturated carbocycles. The fourth-order valence-electron chi connectivity index (χ4n) is 3.10. The molecule has 1 aliphatic heterocycles. The molecule has 6 nitrogen and oxygen atoms in total. The van der Waals surface area contributed by atoms with Gasteiger partial charge in [-0.15, -0.1) is 0 Å². The third-order valence-corrected chi connectivity index (χ3v) is 4.50. The van der Waals surface area contributed by atoms with Crippen LogP contribution in [0, 0.1) is 21.4 Å². The highest BCUT2D eigenvalue weighted by Crippen LogP contribution is 2.38. The van der Waals surface area contributed by atoms with Gasteiger partial charge in [0, 0.05) is 29.9 Å². The molecule has 0 radical (unpaired) electrons. The van der Waals surface area contributed by atoms with Gasteiger partial charge >= 0.3 is 5.70 Å². The Kier molecular flexibility index (Phi) is 5.23. The average Bonchev–Trinajstić information content (AvgIpc) is 2.69. The summed E-state index contributed by atoms with van der Waals surface area (Å²) in [5.41, 5.74) is 2.18. The summed E-state index contributed by atoms with van der Waals surface area (Å²) in [4.78, 5) is 12.9. The van der Waals surface area contributed by atoms with Gasteiger partial charge < -0.3 is 9.64 Å². The van der Waals surface area contributed by atoms with Crippen LogP contribution in [-0.2, 0) is 0 Å². The molecule has 0 spiro atoms. The maximum atomic E-state index is 11.3. The van der Waals surface area contributed by atoms with Crippen molar-refractivity contribution < 1.29 is 9.66 Å². The van der Waals surface area contributed by atoms with E-state index in [4.69, 9.17) is 4.74 Å². The van der Waals surface area contributed by atoms with Crippen LogP contribution in [0.4, 0.5) is 5.69 Å². The van der Waals surface area contributed by atoms with Crippen molar-refractivity contribution in [1.82, 2.24) is 0 Å². The largest absolute Gasteiger partial charge is 0.456 e. The molecule has 2 aromatic carbocycles. The summed E-state index contributed by atoms with van der Waals surface area (Å²) < 4.78 is 5.96. The lowest BCUT2D eigenvalue weighted by molar-refractivity contribution is -0.416. The molecule has 0 aromatic heterocycles. The highest BCUT2D eigenvalue weighted by molar-refractivity contribution is 5.90. The van der Waals surface area contributed by atoms with E-state index in [1.165, 1.54) is 0 Å². The molecule has 3 rings (SSSR count). The Morgan fingerprint density at radius 1 is 1.15 bits per heavy atom. The zero-order valence-corrected chi connectivity index (χ0v) is 15.2. The van der Waals surface area contributed by atoms with E-state index < -0.39 is 10.6 Å². The van der Waals surface area contributed by atoms with Crippen molar-refractivity contribution in [2.75, 3.05) is 18.0 Å². The first-order valence-corrected chi connectivity index (χ1v) is 8.72. The van der Waals surface area contributed by atoms with Crippen molar-refractivity contribution in [1.29, 1.82) is 5.26 Å². The Balaban J connectivity index is 2.08. The van der Waals surface area contributed by atoms with Crippen molar-refractivity contribution >= 4 is 17.0 Å². The van der Waals surface area contributed by atoms with Crippen LogP contribution in [0.15, 0.2) is 60.3 Å². The molecular formula is C21H19N3O3. The predicted molar refractivity (Wildman–Crippen MR) is 105 cm³/mol. The SMILES string of the molecule is CCN(CC)c1ccc(C2=C/C(=C(\C#N)[N+](=O)[O-])c3ccccc3O2)cc1. The standard InChI is InChI=1S/C21H19N3O3/c1-3-23(4-2)16-11-9-15(10-12-16)21-13-18(19(14-22)24(25)26)17-7-5-6-8-20(17)27-21/h5-13H,3-4H2,1-2H3/b19-18-. The van der Waals surface area contributed by atoms with Crippen LogP contribution in [0.25, 0.3) is 11.3 Å². The van der Waals surface area contributed by atoms with Gasteiger partial charge in [-0.2, -0.15) is 5.26 Å². The second kappa shape index (κ2) is 7.75. The molecule has 0 aliphatic carbocycles. The summed E-state index contributed by atoms with van der Waals surface area (Å²) in [5.74, 6) is 0.969. The van der Waals surface area contributed by atoms with Crippen molar-refractivity contribution in [2.24, 2.45) is 0 Å². The summed E-state index contributed by atoms with van der Waals surface area (Å²) in [6.45, 7) is 6.01. The Morgan fingerprint density at radius 2 is 1.81 bits per heavy atom. The molecule has 2 aromatic rings. The van der Waals surface area contributed by atoms with Crippen molar-refractivity contribution in [2.45, 2.75) is 13.8 Å². The van der Waals surface area contributed by atoms with Crippen LogP contribution in [0.1, 0.15) is 25.0 Å². The lowest BCUT2D eigenvalue weighted by Gasteiger charge is -2.22. The predicted octanol–water partition coefficient (Wildman–Crippen LogP) is 4.48. The molecule has 0 fully saturated rings. The molecule has 1 aliphatic rings. The van der Waals surface area contributed by atoms with Crippen LogP contribution in [0.5, 0.6) is 5.75 Å². The zero-order valence-electron chi connectivity index (χ0n) is 15.2. The van der Waals surface area contributed by atoms with Crippen LogP contribution in [-0.4, -0.2) is 18.0 Å². The van der Waals surface area contributed by atoms with Gasteiger partial charge in [0.2, 0.25) is 0 Å². The van der Waals surface area contributed by atoms with E-state index >= 15 is 0 Å². The quantitative estimate of drug-likeness (QED) is 0.446. The molecule has 27 heavy (non-hydrogen) atoms. The molecule has 0 bridgehead atoms. The van der Waals surface area contributed by atoms with Crippen LogP contribution in [0.2, 0.25) is 0 Å². The van der Waals surface area contributed by atoms with Crippen molar-refractivity contribution in [3.05, 3.63) is 81.5 Å². The monoisotopic (exact) mass is 361 g/mol. The van der Waals surface area contributed by atoms with E-state index in [1.807, 2.05) is 24.3 Å². The fourth-order valence-corrected chi connectivity index (χ4v) is 3.10. The van der Waals surface area contributed by atoms with Gasteiger partial charge in [0.05, 0.1) is 10.5 Å². The molecule has 0 N–H and O–H groups in total. The second-order valence-corrected chi connectivity index (χ2v) is 5.96. The van der Waals surface area contributed by atoms with Gasteiger partial charge in [0.1, 0.15) is 11.5 Å². The van der Waals surface area contributed by atoms with E-state index in [1.54, 1.807) is 36.4 Å². The summed E-state index contributed by atoms with van der Waals surface area (Å²) in [6, 6.07) is 16.5. The van der Waals surface area contributed by atoms with Crippen LogP contribution >= 0.6 is 0 Å². The molecule has 0 unspecified atom stereocenters. The Hall–Kier alpha value is -3.59. The van der Waals surface area contributed by atoms with Crippen LogP contribution < -0.4 is 9.64 Å². The molecule has 1 heterocycles. The van der Waals surface area contributed by atoms with Gasteiger partial charge in [-0.3, -0.25) is 10.1 Å². The maximum absolute atomic E-state index is 11.3. The van der Waals surface area contributed by atoms with E-state index in [-0.39, 0.29) is 5.57 Å². The highest BCUT2D eigenvalue weighted by atomic mass is 16.6. The third kappa shape index (κ3) is 3.53. The number of benzene rings is 2. The van der Waals surface area contributed by atoms with E-state index in [9.17, 15) is 15.4 Å². The number of nitro groups is 1. The first kappa shape index (κ1) is 18.2. The number of fused-ring (bicyclic) bond motifs is 1. The molecular weight excluding hydrogens is 342 g/mol. The van der Waals surface area contributed by atoms with Gasteiger partial charge in [-0.1, -0.05) is 18.2 Å². The number of hydrogen-bond donors (Lipinski definition) is 0. The number of nitriles is 1. The van der Waals surface area contributed by atoms with Crippen molar-refractivity contribution in [3.8, 4) is 11.8 Å². The Labute approximate surface area is 157 Å². The Morgan fingerprint density at radius 3 is 2.41 bits per heavy atom. The van der Waals surface area contributed by atoms with E-state index in [0.29, 0.717) is 17.1 Å². The third-order valence-electron chi connectivity index (χ3n) is 4.50. The lowest BCUT2D eigenvalue weighted by atomic mass is 9.98.